The average Bonchev–Trinajstić information content (AvgIpc) is 2.48. The molecule has 1 atom stereocenters. The van der Waals surface area contributed by atoms with Crippen molar-refractivity contribution < 1.29 is 14.3 Å². The maximum Gasteiger partial charge on any atom is 0.347 e. The predicted octanol–water partition coefficient (Wildman–Crippen LogP) is 1.53. The summed E-state index contributed by atoms with van der Waals surface area (Å²) in [6.45, 7) is 7.12. The summed E-state index contributed by atoms with van der Waals surface area (Å²) < 4.78 is 12.2. The second-order valence-corrected chi connectivity index (χ2v) is 4.64. The van der Waals surface area contributed by atoms with Crippen molar-refractivity contribution in [2.45, 2.75) is 39.4 Å². The molecular formula is C11H18N2O3. The van der Waals surface area contributed by atoms with Crippen LogP contribution >= 0.6 is 0 Å². The minimum atomic E-state index is -0.636. The highest BCUT2D eigenvalue weighted by molar-refractivity contribution is 5.75. The molecule has 0 fully saturated rings. The summed E-state index contributed by atoms with van der Waals surface area (Å²) >= 11 is 0. The molecule has 0 spiro atoms. The average molecular weight is 226 g/mol. The van der Waals surface area contributed by atoms with E-state index >= 15 is 0 Å². The highest BCUT2D eigenvalue weighted by atomic mass is 16.6. The zero-order chi connectivity index (χ0) is 12.3. The van der Waals surface area contributed by atoms with Crippen LogP contribution in [0, 0.1) is 0 Å². The Morgan fingerprint density at radius 2 is 2.12 bits per heavy atom. The van der Waals surface area contributed by atoms with Gasteiger partial charge in [0.15, 0.2) is 11.9 Å². The third-order valence-electron chi connectivity index (χ3n) is 1.73. The fourth-order valence-corrected chi connectivity index (χ4v) is 1.10. The zero-order valence-electron chi connectivity index (χ0n) is 10.4. The lowest BCUT2D eigenvalue weighted by atomic mass is 10.2. The summed E-state index contributed by atoms with van der Waals surface area (Å²) in [5.41, 5.74) is -0.496. The predicted molar refractivity (Wildman–Crippen MR) is 59.1 cm³/mol. The fraction of sp³-hybridized carbons (Fsp3) is 0.636. The van der Waals surface area contributed by atoms with Gasteiger partial charge in [0, 0.05) is 7.05 Å². The molecule has 90 valence electrons. The number of carbonyl (C=O) groups is 1. The van der Waals surface area contributed by atoms with Crippen LogP contribution < -0.4 is 4.74 Å². The van der Waals surface area contributed by atoms with Crippen LogP contribution in [0.3, 0.4) is 0 Å². The van der Waals surface area contributed by atoms with E-state index < -0.39 is 11.7 Å². The van der Waals surface area contributed by atoms with E-state index in [9.17, 15) is 4.79 Å². The molecule has 1 rings (SSSR count). The van der Waals surface area contributed by atoms with Crippen molar-refractivity contribution in [3.63, 3.8) is 0 Å². The van der Waals surface area contributed by atoms with E-state index in [0.29, 0.717) is 5.75 Å². The van der Waals surface area contributed by atoms with Crippen LogP contribution in [0.15, 0.2) is 12.4 Å². The topological polar surface area (TPSA) is 53.4 Å². The molecule has 0 saturated heterocycles. The molecule has 1 heterocycles. The van der Waals surface area contributed by atoms with E-state index in [4.69, 9.17) is 9.47 Å². The summed E-state index contributed by atoms with van der Waals surface area (Å²) in [4.78, 5) is 11.6. The molecule has 0 radical (unpaired) electrons. The summed E-state index contributed by atoms with van der Waals surface area (Å²) in [6.07, 6.45) is 2.62. The van der Waals surface area contributed by atoms with Gasteiger partial charge in [-0.15, -0.1) is 0 Å². The number of rotatable bonds is 3. The Morgan fingerprint density at radius 3 is 2.56 bits per heavy atom. The van der Waals surface area contributed by atoms with Gasteiger partial charge < -0.3 is 9.47 Å². The normalized spacial score (nSPS) is 13.3. The minimum Gasteiger partial charge on any atom is -0.476 e. The van der Waals surface area contributed by atoms with Gasteiger partial charge in [0.2, 0.25) is 0 Å². The van der Waals surface area contributed by atoms with Crippen molar-refractivity contribution in [1.82, 2.24) is 9.78 Å². The summed E-state index contributed by atoms with van der Waals surface area (Å²) in [7, 11) is 1.78. The summed E-state index contributed by atoms with van der Waals surface area (Å²) in [6, 6.07) is 0. The molecule has 0 aromatic carbocycles. The smallest absolute Gasteiger partial charge is 0.347 e. The SMILES string of the molecule is CC(Oc1cnn(C)c1)C(=O)OC(C)(C)C. The van der Waals surface area contributed by atoms with Crippen LogP contribution in [0.1, 0.15) is 27.7 Å². The van der Waals surface area contributed by atoms with Crippen molar-refractivity contribution in [2.24, 2.45) is 7.05 Å². The number of nitrogens with zero attached hydrogens (tertiary/aromatic N) is 2. The van der Waals surface area contributed by atoms with Crippen LogP contribution in [0.2, 0.25) is 0 Å². The molecule has 1 aromatic heterocycles. The monoisotopic (exact) mass is 226 g/mol. The Morgan fingerprint density at radius 1 is 1.50 bits per heavy atom. The number of hydrogen-bond donors (Lipinski definition) is 0. The summed E-state index contributed by atoms with van der Waals surface area (Å²) in [5, 5.41) is 3.94. The molecule has 1 aromatic rings. The number of aryl methyl sites for hydroxylation is 1. The largest absolute Gasteiger partial charge is 0.476 e. The van der Waals surface area contributed by atoms with Gasteiger partial charge in [-0.25, -0.2) is 4.79 Å². The standard InChI is InChI=1S/C11H18N2O3/c1-8(10(14)16-11(2,3)4)15-9-6-12-13(5)7-9/h6-8H,1-5H3. The van der Waals surface area contributed by atoms with Gasteiger partial charge in [-0.1, -0.05) is 0 Å². The molecule has 0 aliphatic heterocycles. The van der Waals surface area contributed by atoms with E-state index in [0.717, 1.165) is 0 Å². The van der Waals surface area contributed by atoms with Crippen molar-refractivity contribution in [3.8, 4) is 5.75 Å². The van der Waals surface area contributed by atoms with E-state index in [-0.39, 0.29) is 5.97 Å². The van der Waals surface area contributed by atoms with Crippen LogP contribution in [-0.4, -0.2) is 27.5 Å². The molecule has 1 unspecified atom stereocenters. The number of carbonyl (C=O) groups excluding carboxylic acids is 1. The van der Waals surface area contributed by atoms with E-state index in [2.05, 4.69) is 5.10 Å². The number of aromatic nitrogens is 2. The van der Waals surface area contributed by atoms with E-state index in [1.54, 1.807) is 31.0 Å². The van der Waals surface area contributed by atoms with Gasteiger partial charge >= 0.3 is 5.97 Å². The molecule has 0 amide bonds. The van der Waals surface area contributed by atoms with Gasteiger partial charge in [-0.2, -0.15) is 5.10 Å². The second kappa shape index (κ2) is 4.55. The number of esters is 1. The lowest BCUT2D eigenvalue weighted by Crippen LogP contribution is -2.33. The Hall–Kier alpha value is -1.52. The Labute approximate surface area is 95.3 Å². The van der Waals surface area contributed by atoms with Crippen LogP contribution in [-0.2, 0) is 16.6 Å². The second-order valence-electron chi connectivity index (χ2n) is 4.64. The van der Waals surface area contributed by atoms with Gasteiger partial charge in [0.05, 0.1) is 12.4 Å². The Balaban J connectivity index is 2.52. The molecule has 0 aliphatic rings. The highest BCUT2D eigenvalue weighted by Gasteiger charge is 2.23. The summed E-state index contributed by atoms with van der Waals surface area (Å²) in [5.74, 6) is 0.178. The lowest BCUT2D eigenvalue weighted by Gasteiger charge is -2.22. The quantitative estimate of drug-likeness (QED) is 0.733. The first kappa shape index (κ1) is 12.5. The van der Waals surface area contributed by atoms with Gasteiger partial charge in [0.25, 0.3) is 0 Å². The van der Waals surface area contributed by atoms with Crippen molar-refractivity contribution >= 4 is 5.97 Å². The van der Waals surface area contributed by atoms with Crippen LogP contribution in [0.25, 0.3) is 0 Å². The van der Waals surface area contributed by atoms with Gasteiger partial charge in [-0.3, -0.25) is 4.68 Å². The fourth-order valence-electron chi connectivity index (χ4n) is 1.10. The number of hydrogen-bond acceptors (Lipinski definition) is 4. The maximum atomic E-state index is 11.6. The van der Waals surface area contributed by atoms with Crippen LogP contribution in [0.4, 0.5) is 0 Å². The molecule has 0 aliphatic carbocycles. The zero-order valence-corrected chi connectivity index (χ0v) is 10.4. The highest BCUT2D eigenvalue weighted by Crippen LogP contribution is 2.13. The van der Waals surface area contributed by atoms with Crippen molar-refractivity contribution in [2.75, 3.05) is 0 Å². The van der Waals surface area contributed by atoms with E-state index in [1.165, 1.54) is 0 Å². The lowest BCUT2D eigenvalue weighted by molar-refractivity contribution is -0.162. The molecule has 5 heteroatoms. The van der Waals surface area contributed by atoms with Gasteiger partial charge in [-0.05, 0) is 27.7 Å². The Bertz CT molecular complexity index is 366. The van der Waals surface area contributed by atoms with Gasteiger partial charge in [0.1, 0.15) is 5.60 Å². The molecule has 0 bridgehead atoms. The first-order valence-corrected chi connectivity index (χ1v) is 5.16. The first-order chi connectivity index (χ1) is 7.28. The molecule has 0 N–H and O–H groups in total. The maximum absolute atomic E-state index is 11.6. The Kier molecular flexibility index (Phi) is 3.57. The van der Waals surface area contributed by atoms with Crippen molar-refractivity contribution in [1.29, 1.82) is 0 Å². The molecular weight excluding hydrogens is 208 g/mol. The van der Waals surface area contributed by atoms with Crippen LogP contribution in [0.5, 0.6) is 5.75 Å². The van der Waals surface area contributed by atoms with Crippen molar-refractivity contribution in [3.05, 3.63) is 12.4 Å². The third-order valence-corrected chi connectivity index (χ3v) is 1.73. The number of ether oxygens (including phenoxy) is 2. The third kappa shape index (κ3) is 3.92. The minimum absolute atomic E-state index is 0.378. The molecule has 0 saturated carbocycles. The first-order valence-electron chi connectivity index (χ1n) is 5.16. The van der Waals surface area contributed by atoms with E-state index in [1.807, 2.05) is 20.8 Å². The molecule has 5 nitrogen and oxygen atoms in total. The molecule has 16 heavy (non-hydrogen) atoms.